The van der Waals surface area contributed by atoms with Crippen LogP contribution in [0.3, 0.4) is 0 Å². The average Bonchev–Trinajstić information content (AvgIpc) is 2.37. The molecule has 98 valence electrons. The van der Waals surface area contributed by atoms with Gasteiger partial charge < -0.3 is 9.84 Å². The minimum atomic E-state index is -1.08. The fourth-order valence-electron chi connectivity index (χ4n) is 1.82. The number of hydrogen-bond donors (Lipinski definition) is 1. The first kappa shape index (κ1) is 13.7. The highest BCUT2D eigenvalue weighted by Gasteiger charge is 2.16. The number of carbonyl (C=O) groups is 1. The Labute approximate surface area is 120 Å². The van der Waals surface area contributed by atoms with Gasteiger partial charge in [-0.25, -0.2) is 4.79 Å². The van der Waals surface area contributed by atoms with Crippen molar-refractivity contribution < 1.29 is 14.6 Å². The van der Waals surface area contributed by atoms with E-state index in [9.17, 15) is 9.90 Å². The molecule has 5 heteroatoms. The fraction of sp³-hybridized carbons (Fsp3) is 0.0714. The molecule has 0 saturated heterocycles. The van der Waals surface area contributed by atoms with Crippen LogP contribution in [0.25, 0.3) is 11.1 Å². The van der Waals surface area contributed by atoms with Gasteiger partial charge in [-0.1, -0.05) is 41.4 Å². The Balaban J connectivity index is 2.62. The Morgan fingerprint density at radius 2 is 1.89 bits per heavy atom. The predicted octanol–water partition coefficient (Wildman–Crippen LogP) is 4.37. The number of aromatic carboxylic acids is 1. The predicted molar refractivity (Wildman–Crippen MR) is 75.4 cm³/mol. The molecule has 0 heterocycles. The van der Waals surface area contributed by atoms with Crippen LogP contribution in [-0.2, 0) is 0 Å². The maximum absolute atomic E-state index is 11.3. The second-order valence-electron chi connectivity index (χ2n) is 3.82. The summed E-state index contributed by atoms with van der Waals surface area (Å²) in [4.78, 5) is 11.3. The number of rotatable bonds is 3. The molecular formula is C14H10Cl2O3. The van der Waals surface area contributed by atoms with Crippen LogP contribution in [0.5, 0.6) is 5.75 Å². The summed E-state index contributed by atoms with van der Waals surface area (Å²) < 4.78 is 5.06. The number of carboxylic acid groups (broad SMARTS) is 1. The molecule has 0 saturated carbocycles. The largest absolute Gasteiger partial charge is 0.495 e. The Kier molecular flexibility index (Phi) is 3.98. The highest BCUT2D eigenvalue weighted by molar-refractivity contribution is 6.34. The molecule has 0 aromatic heterocycles. The highest BCUT2D eigenvalue weighted by Crippen LogP contribution is 2.34. The first-order chi connectivity index (χ1) is 9.04. The van der Waals surface area contributed by atoms with Gasteiger partial charge in [-0.05, 0) is 29.3 Å². The maximum atomic E-state index is 11.3. The molecule has 0 spiro atoms. The van der Waals surface area contributed by atoms with E-state index in [1.807, 2.05) is 0 Å². The van der Waals surface area contributed by atoms with Gasteiger partial charge in [0.15, 0.2) is 0 Å². The molecule has 2 rings (SSSR count). The number of methoxy groups -OCH3 is 1. The van der Waals surface area contributed by atoms with Crippen molar-refractivity contribution in [3.63, 3.8) is 0 Å². The van der Waals surface area contributed by atoms with E-state index in [0.717, 1.165) is 0 Å². The number of carboxylic acids is 1. The normalized spacial score (nSPS) is 10.3. The summed E-state index contributed by atoms with van der Waals surface area (Å²) in [5.41, 5.74) is 1.25. The lowest BCUT2D eigenvalue weighted by Gasteiger charge is -2.10. The number of ether oxygens (including phenoxy) is 1. The number of halogens is 2. The first-order valence-electron chi connectivity index (χ1n) is 5.40. The van der Waals surface area contributed by atoms with E-state index in [-0.39, 0.29) is 10.6 Å². The molecule has 1 N–H and O–H groups in total. The van der Waals surface area contributed by atoms with Gasteiger partial charge in [-0.15, -0.1) is 0 Å². The Morgan fingerprint density at radius 3 is 2.47 bits per heavy atom. The second kappa shape index (κ2) is 5.51. The van der Waals surface area contributed by atoms with Gasteiger partial charge in [0.25, 0.3) is 0 Å². The van der Waals surface area contributed by atoms with Crippen LogP contribution >= 0.6 is 23.2 Å². The van der Waals surface area contributed by atoms with E-state index < -0.39 is 5.97 Å². The van der Waals surface area contributed by atoms with Crippen molar-refractivity contribution in [2.24, 2.45) is 0 Å². The Hall–Kier alpha value is -1.71. The quantitative estimate of drug-likeness (QED) is 0.915. The summed E-state index contributed by atoms with van der Waals surface area (Å²) >= 11 is 12.0. The summed E-state index contributed by atoms with van der Waals surface area (Å²) in [5.74, 6) is -0.545. The summed E-state index contributed by atoms with van der Waals surface area (Å²) in [6.07, 6.45) is 0. The smallest absolute Gasteiger partial charge is 0.337 e. The van der Waals surface area contributed by atoms with Gasteiger partial charge in [-0.2, -0.15) is 0 Å². The van der Waals surface area contributed by atoms with Gasteiger partial charge in [0, 0.05) is 0 Å². The summed E-state index contributed by atoms with van der Waals surface area (Å²) in [6, 6.07) is 10.0. The number of hydrogen-bond acceptors (Lipinski definition) is 2. The summed E-state index contributed by atoms with van der Waals surface area (Å²) in [5, 5.41) is 9.84. The van der Waals surface area contributed by atoms with Crippen molar-refractivity contribution in [1.82, 2.24) is 0 Å². The average molecular weight is 297 g/mol. The lowest BCUT2D eigenvalue weighted by atomic mass is 9.99. The SMILES string of the molecule is COc1ccc(-c2cccc(Cl)c2C(=O)O)cc1Cl. The monoisotopic (exact) mass is 296 g/mol. The van der Waals surface area contributed by atoms with E-state index in [0.29, 0.717) is 21.9 Å². The Morgan fingerprint density at radius 1 is 1.16 bits per heavy atom. The molecule has 0 bridgehead atoms. The van der Waals surface area contributed by atoms with Crippen molar-refractivity contribution in [1.29, 1.82) is 0 Å². The highest BCUT2D eigenvalue weighted by atomic mass is 35.5. The van der Waals surface area contributed by atoms with Crippen LogP contribution < -0.4 is 4.74 Å². The van der Waals surface area contributed by atoms with Crippen LogP contribution in [0.15, 0.2) is 36.4 Å². The van der Waals surface area contributed by atoms with E-state index >= 15 is 0 Å². The lowest BCUT2D eigenvalue weighted by Crippen LogP contribution is -2.00. The second-order valence-corrected chi connectivity index (χ2v) is 4.63. The molecule has 0 radical (unpaired) electrons. The zero-order valence-electron chi connectivity index (χ0n) is 9.98. The topological polar surface area (TPSA) is 46.5 Å². The van der Waals surface area contributed by atoms with E-state index in [1.54, 1.807) is 36.4 Å². The summed E-state index contributed by atoms with van der Waals surface area (Å²) in [7, 11) is 1.52. The third-order valence-electron chi connectivity index (χ3n) is 2.69. The van der Waals surface area contributed by atoms with E-state index in [2.05, 4.69) is 0 Å². The van der Waals surface area contributed by atoms with Crippen LogP contribution in [0.1, 0.15) is 10.4 Å². The van der Waals surface area contributed by atoms with E-state index in [4.69, 9.17) is 27.9 Å². The maximum Gasteiger partial charge on any atom is 0.337 e. The van der Waals surface area contributed by atoms with Crippen molar-refractivity contribution in [3.8, 4) is 16.9 Å². The minimum Gasteiger partial charge on any atom is -0.495 e. The van der Waals surface area contributed by atoms with Crippen molar-refractivity contribution in [2.45, 2.75) is 0 Å². The van der Waals surface area contributed by atoms with Crippen LogP contribution in [0.2, 0.25) is 10.0 Å². The minimum absolute atomic E-state index is 0.0606. The molecule has 2 aromatic carbocycles. The van der Waals surface area contributed by atoms with Crippen LogP contribution in [0.4, 0.5) is 0 Å². The van der Waals surface area contributed by atoms with Gasteiger partial charge in [0.2, 0.25) is 0 Å². The molecular weight excluding hydrogens is 287 g/mol. The molecule has 0 fully saturated rings. The van der Waals surface area contributed by atoms with Gasteiger partial charge in [0.05, 0.1) is 22.7 Å². The molecule has 0 aliphatic rings. The van der Waals surface area contributed by atoms with Gasteiger partial charge >= 0.3 is 5.97 Å². The van der Waals surface area contributed by atoms with Gasteiger partial charge in [0.1, 0.15) is 5.75 Å². The molecule has 19 heavy (non-hydrogen) atoms. The molecule has 3 nitrogen and oxygen atoms in total. The molecule has 0 amide bonds. The number of benzene rings is 2. The van der Waals surface area contributed by atoms with Crippen LogP contribution in [0, 0.1) is 0 Å². The van der Waals surface area contributed by atoms with Gasteiger partial charge in [-0.3, -0.25) is 0 Å². The Bertz CT molecular complexity index is 639. The van der Waals surface area contributed by atoms with Crippen molar-refractivity contribution in [2.75, 3.05) is 7.11 Å². The zero-order valence-corrected chi connectivity index (χ0v) is 11.5. The third kappa shape index (κ3) is 2.67. The van der Waals surface area contributed by atoms with Crippen LogP contribution in [-0.4, -0.2) is 18.2 Å². The van der Waals surface area contributed by atoms with Crippen molar-refractivity contribution >= 4 is 29.2 Å². The molecule has 0 aliphatic carbocycles. The first-order valence-corrected chi connectivity index (χ1v) is 6.16. The third-order valence-corrected chi connectivity index (χ3v) is 3.30. The molecule has 0 aliphatic heterocycles. The zero-order chi connectivity index (χ0) is 14.0. The standard InChI is InChI=1S/C14H10Cl2O3/c1-19-12-6-5-8(7-11(12)16)9-3-2-4-10(15)13(9)14(17)18/h2-7H,1H3,(H,17,18). The fourth-order valence-corrected chi connectivity index (χ4v) is 2.33. The van der Waals surface area contributed by atoms with Crippen molar-refractivity contribution in [3.05, 3.63) is 52.0 Å². The summed E-state index contributed by atoms with van der Waals surface area (Å²) in [6.45, 7) is 0. The lowest BCUT2D eigenvalue weighted by molar-refractivity contribution is 0.0698. The molecule has 0 atom stereocenters. The molecule has 2 aromatic rings. The van der Waals surface area contributed by atoms with E-state index in [1.165, 1.54) is 7.11 Å². The molecule has 0 unspecified atom stereocenters.